The van der Waals surface area contributed by atoms with Crippen molar-refractivity contribution in [3.63, 3.8) is 0 Å². The molecule has 0 aliphatic rings. The van der Waals surface area contributed by atoms with Crippen molar-refractivity contribution >= 4 is 11.9 Å². The highest BCUT2D eigenvalue weighted by atomic mass is 16.4. The fourth-order valence-electron chi connectivity index (χ4n) is 3.84. The third kappa shape index (κ3) is 13.1. The molecule has 0 aliphatic heterocycles. The van der Waals surface area contributed by atoms with Gasteiger partial charge in [-0.25, -0.2) is 4.79 Å². The van der Waals surface area contributed by atoms with Crippen LogP contribution in [0.4, 0.5) is 0 Å². The van der Waals surface area contributed by atoms with Crippen molar-refractivity contribution in [2.45, 2.75) is 116 Å². The van der Waals surface area contributed by atoms with Crippen molar-refractivity contribution in [3.8, 4) is 0 Å². The Morgan fingerprint density at radius 3 is 1.71 bits per heavy atom. The van der Waals surface area contributed by atoms with Gasteiger partial charge >= 0.3 is 5.97 Å². The van der Waals surface area contributed by atoms with Gasteiger partial charge in [0.25, 0.3) is 0 Å². The number of unbranched alkanes of at least 4 members (excludes halogenated alkanes) is 10. The number of nitrogens with zero attached hydrogens (tertiary/aromatic N) is 1. The summed E-state index contributed by atoms with van der Waals surface area (Å²) >= 11 is 0. The molecule has 28 heavy (non-hydrogen) atoms. The predicted molar refractivity (Wildman–Crippen MR) is 117 cm³/mol. The van der Waals surface area contributed by atoms with Gasteiger partial charge in [-0.3, -0.25) is 4.79 Å². The lowest BCUT2D eigenvalue weighted by atomic mass is 9.98. The summed E-state index contributed by atoms with van der Waals surface area (Å²) in [5, 5.41) is 12.8. The van der Waals surface area contributed by atoms with E-state index in [1.165, 1.54) is 44.9 Å². The van der Waals surface area contributed by atoms with Crippen molar-refractivity contribution in [2.75, 3.05) is 21.1 Å². The summed E-state index contributed by atoms with van der Waals surface area (Å²) in [4.78, 5) is 24.3. The van der Waals surface area contributed by atoms with Crippen LogP contribution in [-0.2, 0) is 9.59 Å². The van der Waals surface area contributed by atoms with Crippen LogP contribution in [-0.4, -0.2) is 54.7 Å². The molecule has 2 atom stereocenters. The number of nitrogens with one attached hydrogen (secondary N) is 1. The van der Waals surface area contributed by atoms with Gasteiger partial charge in [0.15, 0.2) is 0 Å². The Morgan fingerprint density at radius 2 is 1.25 bits per heavy atom. The number of aliphatic carboxylic acids is 1. The molecule has 0 spiro atoms. The molecule has 0 saturated heterocycles. The first kappa shape index (κ1) is 26.9. The number of hydrogen-bond donors (Lipinski definition) is 2. The number of likely N-dealkylation sites (N-methyl/N-ethyl adjacent to an activating group) is 1. The molecule has 0 heterocycles. The fourth-order valence-corrected chi connectivity index (χ4v) is 3.84. The van der Waals surface area contributed by atoms with E-state index in [1.807, 2.05) is 21.1 Å². The zero-order chi connectivity index (χ0) is 21.4. The Balaban J connectivity index is 4.35. The van der Waals surface area contributed by atoms with E-state index < -0.39 is 12.0 Å². The molecule has 0 aromatic rings. The van der Waals surface area contributed by atoms with Crippen LogP contribution in [0.3, 0.4) is 0 Å². The zero-order valence-corrected chi connectivity index (χ0v) is 19.3. The third-order valence-electron chi connectivity index (χ3n) is 5.44. The van der Waals surface area contributed by atoms with Crippen molar-refractivity contribution in [3.05, 3.63) is 0 Å². The van der Waals surface area contributed by atoms with E-state index in [0.29, 0.717) is 10.9 Å². The van der Waals surface area contributed by atoms with Gasteiger partial charge in [0, 0.05) is 6.42 Å². The summed E-state index contributed by atoms with van der Waals surface area (Å²) in [7, 11) is 5.66. The number of rotatable bonds is 18. The summed E-state index contributed by atoms with van der Waals surface area (Å²) in [6, 6.07) is -0.931. The van der Waals surface area contributed by atoms with Gasteiger partial charge in [0.2, 0.25) is 11.9 Å². The average Bonchev–Trinajstić information content (AvgIpc) is 2.59. The molecule has 166 valence electrons. The smallest absolute Gasteiger partial charge is 0.364 e. The average molecular weight is 400 g/mol. The molecule has 5 nitrogen and oxygen atoms in total. The van der Waals surface area contributed by atoms with Gasteiger partial charge in [-0.1, -0.05) is 84.5 Å². The van der Waals surface area contributed by atoms with Crippen LogP contribution < -0.4 is 5.32 Å². The van der Waals surface area contributed by atoms with Gasteiger partial charge in [0.05, 0.1) is 27.2 Å². The molecule has 0 aromatic heterocycles. The largest absolute Gasteiger partial charge is 0.477 e. The molecule has 2 N–H and O–H groups in total. The maximum Gasteiger partial charge on any atom is 0.364 e. The number of hydrogen-bond acceptors (Lipinski definition) is 2. The molecule has 0 saturated carbocycles. The first-order chi connectivity index (χ1) is 13.2. The van der Waals surface area contributed by atoms with Gasteiger partial charge in [-0.15, -0.1) is 0 Å². The molecule has 0 aromatic carbocycles. The van der Waals surface area contributed by atoms with E-state index in [9.17, 15) is 14.7 Å². The molecule has 0 bridgehead atoms. The van der Waals surface area contributed by atoms with E-state index in [4.69, 9.17) is 0 Å². The number of carboxylic acid groups (broad SMARTS) is 1. The van der Waals surface area contributed by atoms with E-state index >= 15 is 0 Å². The monoisotopic (exact) mass is 399 g/mol. The lowest BCUT2D eigenvalue weighted by Gasteiger charge is -2.36. The second-order valence-corrected chi connectivity index (χ2v) is 9.15. The van der Waals surface area contributed by atoms with Gasteiger partial charge in [-0.2, -0.15) is 0 Å². The maximum atomic E-state index is 12.4. The van der Waals surface area contributed by atoms with Gasteiger partial charge in [-0.05, 0) is 12.8 Å². The Morgan fingerprint density at radius 1 is 0.786 bits per heavy atom. The van der Waals surface area contributed by atoms with Crippen molar-refractivity contribution in [1.29, 1.82) is 0 Å². The second-order valence-electron chi connectivity index (χ2n) is 9.15. The lowest BCUT2D eigenvalue weighted by Crippen LogP contribution is -2.61. The van der Waals surface area contributed by atoms with E-state index in [2.05, 4.69) is 19.2 Å². The standard InChI is InChI=1S/C23H46N2O3/c1-6-8-10-11-12-13-14-15-17-19-21(26)24-20(18-16-9-7-2)22(23(27)28)25(3,4)5/h20,22H,6-19H2,1-5H3,(H-,24,26,27,28)/p+1. The Kier molecular flexibility index (Phi) is 15.2. The summed E-state index contributed by atoms with van der Waals surface area (Å²) in [5.74, 6) is -0.832. The van der Waals surface area contributed by atoms with Crippen LogP contribution in [0.5, 0.6) is 0 Å². The molecule has 0 rings (SSSR count). The van der Waals surface area contributed by atoms with Crippen molar-refractivity contribution in [1.82, 2.24) is 5.32 Å². The van der Waals surface area contributed by atoms with Crippen molar-refractivity contribution in [2.24, 2.45) is 0 Å². The molecule has 5 heteroatoms. The SMILES string of the molecule is CCCCCCCCCCCC(=O)NC(CCCCC)C(C(=O)O)[N+](C)(C)C. The first-order valence-corrected chi connectivity index (χ1v) is 11.6. The fraction of sp³-hybridized carbons (Fsp3) is 0.913. The third-order valence-corrected chi connectivity index (χ3v) is 5.44. The van der Waals surface area contributed by atoms with Gasteiger partial charge in [0.1, 0.15) is 0 Å². The van der Waals surface area contributed by atoms with Crippen LogP contribution in [0.2, 0.25) is 0 Å². The summed E-state index contributed by atoms with van der Waals surface area (Å²) in [6.45, 7) is 4.37. The first-order valence-electron chi connectivity index (χ1n) is 11.6. The molecule has 1 amide bonds. The highest BCUT2D eigenvalue weighted by Crippen LogP contribution is 2.16. The highest BCUT2D eigenvalue weighted by molar-refractivity contribution is 5.78. The maximum absolute atomic E-state index is 12.4. The second kappa shape index (κ2) is 15.8. The van der Waals surface area contributed by atoms with E-state index in [0.717, 1.165) is 38.5 Å². The molecule has 0 fully saturated rings. The summed E-state index contributed by atoms with van der Waals surface area (Å²) in [5.41, 5.74) is 0. The molecule has 0 radical (unpaired) electrons. The van der Waals surface area contributed by atoms with Crippen LogP contribution in [0.1, 0.15) is 104 Å². The van der Waals surface area contributed by atoms with Gasteiger partial charge < -0.3 is 14.9 Å². The molecular formula is C23H47N2O3+. The zero-order valence-electron chi connectivity index (χ0n) is 19.3. The normalized spacial score (nSPS) is 13.9. The van der Waals surface area contributed by atoms with Crippen LogP contribution in [0, 0.1) is 0 Å². The van der Waals surface area contributed by atoms with E-state index in [1.54, 1.807) is 0 Å². The Labute approximate surface area is 173 Å². The number of amides is 1. The van der Waals surface area contributed by atoms with Crippen LogP contribution in [0.25, 0.3) is 0 Å². The number of quaternary nitrogens is 1. The predicted octanol–water partition coefficient (Wildman–Crippen LogP) is 5.13. The number of carbonyl (C=O) groups is 2. The molecular weight excluding hydrogens is 352 g/mol. The topological polar surface area (TPSA) is 66.4 Å². The number of carboxylic acids is 1. The minimum Gasteiger partial charge on any atom is -0.477 e. The minimum absolute atomic E-state index is 0.00384. The van der Waals surface area contributed by atoms with E-state index in [-0.39, 0.29) is 11.9 Å². The van der Waals surface area contributed by atoms with Crippen LogP contribution >= 0.6 is 0 Å². The quantitative estimate of drug-likeness (QED) is 0.248. The summed E-state index contributed by atoms with van der Waals surface area (Å²) < 4.78 is 0.310. The Hall–Kier alpha value is -1.10. The Bertz CT molecular complexity index is 419. The molecule has 0 aliphatic carbocycles. The number of carbonyl (C=O) groups excluding carboxylic acids is 1. The lowest BCUT2D eigenvalue weighted by molar-refractivity contribution is -0.888. The minimum atomic E-state index is -0.836. The highest BCUT2D eigenvalue weighted by Gasteiger charge is 2.39. The molecule has 2 unspecified atom stereocenters. The summed E-state index contributed by atoms with van der Waals surface area (Å²) in [6.07, 6.45) is 15.3. The van der Waals surface area contributed by atoms with Crippen LogP contribution in [0.15, 0.2) is 0 Å². The van der Waals surface area contributed by atoms with Crippen molar-refractivity contribution < 1.29 is 19.2 Å².